The first kappa shape index (κ1) is 12.9. The van der Waals surface area contributed by atoms with Crippen molar-refractivity contribution in [1.29, 1.82) is 0 Å². The van der Waals surface area contributed by atoms with E-state index < -0.39 is 0 Å². The van der Waals surface area contributed by atoms with Crippen molar-refractivity contribution in [1.82, 2.24) is 14.9 Å². The minimum absolute atomic E-state index is 0.443. The summed E-state index contributed by atoms with van der Waals surface area (Å²) in [6, 6.07) is 8.77. The minimum atomic E-state index is 0.443. The predicted octanol–water partition coefficient (Wildman–Crippen LogP) is 4.00. The third-order valence-corrected chi connectivity index (χ3v) is 4.37. The van der Waals surface area contributed by atoms with Crippen molar-refractivity contribution in [3.05, 3.63) is 40.8 Å². The maximum Gasteiger partial charge on any atom is 0.123 e. The van der Waals surface area contributed by atoms with Crippen LogP contribution in [-0.4, -0.2) is 28.5 Å². The van der Waals surface area contributed by atoms with Gasteiger partial charge in [-0.2, -0.15) is 0 Å². The molecule has 0 amide bonds. The van der Waals surface area contributed by atoms with Gasteiger partial charge < -0.3 is 4.98 Å². The van der Waals surface area contributed by atoms with E-state index in [1.165, 1.54) is 31.4 Å². The van der Waals surface area contributed by atoms with E-state index in [-0.39, 0.29) is 0 Å². The summed E-state index contributed by atoms with van der Waals surface area (Å²) in [7, 11) is 2.19. The van der Waals surface area contributed by atoms with Crippen molar-refractivity contribution in [3.8, 4) is 11.3 Å². The molecule has 1 fully saturated rings. The van der Waals surface area contributed by atoms with E-state index in [2.05, 4.69) is 62.1 Å². The van der Waals surface area contributed by atoms with Gasteiger partial charge in [0.25, 0.3) is 0 Å². The Morgan fingerprint density at radius 1 is 1.26 bits per heavy atom. The number of H-pyrrole nitrogens is 1. The van der Waals surface area contributed by atoms with Gasteiger partial charge in [-0.05, 0) is 44.1 Å². The fourth-order valence-electron chi connectivity index (χ4n) is 2.70. The molecule has 2 heterocycles. The summed E-state index contributed by atoms with van der Waals surface area (Å²) in [5, 5.41) is 0. The molecule has 19 heavy (non-hydrogen) atoms. The van der Waals surface area contributed by atoms with Crippen LogP contribution in [0.5, 0.6) is 0 Å². The molecule has 100 valence electrons. The molecule has 3 nitrogen and oxygen atoms in total. The van der Waals surface area contributed by atoms with Crippen molar-refractivity contribution < 1.29 is 0 Å². The number of piperidine rings is 1. The number of nitrogens with one attached hydrogen (secondary N) is 1. The van der Waals surface area contributed by atoms with Crippen LogP contribution in [0.15, 0.2) is 34.9 Å². The molecule has 1 aliphatic heterocycles. The lowest BCUT2D eigenvalue weighted by Crippen LogP contribution is -2.30. The van der Waals surface area contributed by atoms with Crippen molar-refractivity contribution in [3.63, 3.8) is 0 Å². The fraction of sp³-hybridized carbons (Fsp3) is 0.400. The first-order chi connectivity index (χ1) is 9.24. The lowest BCUT2D eigenvalue weighted by molar-refractivity contribution is 0.180. The van der Waals surface area contributed by atoms with Crippen molar-refractivity contribution in [2.24, 2.45) is 0 Å². The number of imidazole rings is 1. The summed E-state index contributed by atoms with van der Waals surface area (Å²) >= 11 is 3.46. The van der Waals surface area contributed by atoms with Crippen LogP contribution in [-0.2, 0) is 0 Å². The predicted molar refractivity (Wildman–Crippen MR) is 80.9 cm³/mol. The number of halogens is 1. The Morgan fingerprint density at radius 2 is 2.05 bits per heavy atom. The Labute approximate surface area is 122 Å². The number of nitrogens with zero attached hydrogens (tertiary/aromatic N) is 2. The molecule has 0 aliphatic carbocycles. The van der Waals surface area contributed by atoms with Gasteiger partial charge in [-0.1, -0.05) is 34.5 Å². The molecule has 0 bridgehead atoms. The molecule has 3 rings (SSSR count). The third kappa shape index (κ3) is 2.74. The molecule has 0 unspecified atom stereocenters. The summed E-state index contributed by atoms with van der Waals surface area (Å²) < 4.78 is 1.10. The monoisotopic (exact) mass is 319 g/mol. The summed E-state index contributed by atoms with van der Waals surface area (Å²) in [5.74, 6) is 1.10. The van der Waals surface area contributed by atoms with E-state index in [1.54, 1.807) is 0 Å². The van der Waals surface area contributed by atoms with Gasteiger partial charge in [-0.3, -0.25) is 4.90 Å². The Morgan fingerprint density at radius 3 is 2.79 bits per heavy atom. The van der Waals surface area contributed by atoms with Gasteiger partial charge in [0.15, 0.2) is 0 Å². The van der Waals surface area contributed by atoms with Crippen LogP contribution in [0.2, 0.25) is 0 Å². The lowest BCUT2D eigenvalue weighted by Gasteiger charge is -2.30. The third-order valence-electron chi connectivity index (χ3n) is 3.84. The van der Waals surface area contributed by atoms with Gasteiger partial charge in [0.1, 0.15) is 5.82 Å². The smallest absolute Gasteiger partial charge is 0.123 e. The Bertz CT molecular complexity index is 547. The zero-order chi connectivity index (χ0) is 13.2. The van der Waals surface area contributed by atoms with Crippen LogP contribution in [0.25, 0.3) is 11.3 Å². The first-order valence-electron chi connectivity index (χ1n) is 6.75. The SMILES string of the molecule is CN1CCCC[C@H]1c1ncc(-c2ccc(Br)cc2)[nH]1. The number of hydrogen-bond donors (Lipinski definition) is 1. The molecule has 1 saturated heterocycles. The normalized spacial score (nSPS) is 20.6. The molecule has 4 heteroatoms. The molecule has 1 N–H and O–H groups in total. The molecule has 1 aromatic heterocycles. The highest BCUT2D eigenvalue weighted by Crippen LogP contribution is 2.29. The van der Waals surface area contributed by atoms with E-state index in [0.717, 1.165) is 16.0 Å². The number of likely N-dealkylation sites (tertiary alicyclic amines) is 1. The Kier molecular flexibility index (Phi) is 3.71. The number of aromatic amines is 1. The number of hydrogen-bond acceptors (Lipinski definition) is 2. The fourth-order valence-corrected chi connectivity index (χ4v) is 2.97. The summed E-state index contributed by atoms with van der Waals surface area (Å²) in [4.78, 5) is 10.5. The molecule has 2 aromatic rings. The average Bonchev–Trinajstić information content (AvgIpc) is 2.89. The maximum atomic E-state index is 4.58. The van der Waals surface area contributed by atoms with E-state index in [4.69, 9.17) is 0 Å². The highest BCUT2D eigenvalue weighted by molar-refractivity contribution is 9.10. The molecule has 1 aliphatic rings. The molecular formula is C15H18BrN3. The highest BCUT2D eigenvalue weighted by atomic mass is 79.9. The van der Waals surface area contributed by atoms with E-state index >= 15 is 0 Å². The maximum absolute atomic E-state index is 4.58. The van der Waals surface area contributed by atoms with Gasteiger partial charge in [0.05, 0.1) is 17.9 Å². The Hall–Kier alpha value is -1.13. The van der Waals surface area contributed by atoms with Crippen LogP contribution >= 0.6 is 15.9 Å². The van der Waals surface area contributed by atoms with Crippen LogP contribution < -0.4 is 0 Å². The quantitative estimate of drug-likeness (QED) is 0.907. The second-order valence-electron chi connectivity index (χ2n) is 5.18. The van der Waals surface area contributed by atoms with Crippen molar-refractivity contribution >= 4 is 15.9 Å². The van der Waals surface area contributed by atoms with Crippen LogP contribution in [0.3, 0.4) is 0 Å². The van der Waals surface area contributed by atoms with Crippen molar-refractivity contribution in [2.45, 2.75) is 25.3 Å². The number of rotatable bonds is 2. The zero-order valence-electron chi connectivity index (χ0n) is 11.1. The second kappa shape index (κ2) is 5.47. The lowest BCUT2D eigenvalue weighted by atomic mass is 10.0. The number of benzene rings is 1. The van der Waals surface area contributed by atoms with Gasteiger partial charge in [0, 0.05) is 4.47 Å². The van der Waals surface area contributed by atoms with Gasteiger partial charge in [-0.15, -0.1) is 0 Å². The molecule has 0 radical (unpaired) electrons. The van der Waals surface area contributed by atoms with Crippen LogP contribution in [0, 0.1) is 0 Å². The highest BCUT2D eigenvalue weighted by Gasteiger charge is 2.23. The molecular weight excluding hydrogens is 302 g/mol. The molecule has 0 spiro atoms. The van der Waals surface area contributed by atoms with Crippen LogP contribution in [0.4, 0.5) is 0 Å². The second-order valence-corrected chi connectivity index (χ2v) is 6.10. The standard InChI is InChI=1S/C15H18BrN3/c1-19-9-3-2-4-14(19)15-17-10-13(18-15)11-5-7-12(16)8-6-11/h5-8,10,14H,2-4,9H2,1H3,(H,17,18)/t14-/m0/s1. The van der Waals surface area contributed by atoms with E-state index in [0.29, 0.717) is 6.04 Å². The molecule has 0 saturated carbocycles. The van der Waals surface area contributed by atoms with Gasteiger partial charge in [0.2, 0.25) is 0 Å². The molecule has 1 atom stereocenters. The molecule has 1 aromatic carbocycles. The van der Waals surface area contributed by atoms with E-state index in [1.807, 2.05) is 6.20 Å². The summed E-state index contributed by atoms with van der Waals surface area (Å²) in [6.45, 7) is 1.17. The average molecular weight is 320 g/mol. The van der Waals surface area contributed by atoms with E-state index in [9.17, 15) is 0 Å². The van der Waals surface area contributed by atoms with Crippen LogP contribution in [0.1, 0.15) is 31.1 Å². The van der Waals surface area contributed by atoms with Gasteiger partial charge in [-0.25, -0.2) is 4.98 Å². The summed E-state index contributed by atoms with van der Waals surface area (Å²) in [5.41, 5.74) is 2.28. The van der Waals surface area contributed by atoms with Crippen molar-refractivity contribution in [2.75, 3.05) is 13.6 Å². The summed E-state index contributed by atoms with van der Waals surface area (Å²) in [6.07, 6.45) is 5.74. The van der Waals surface area contributed by atoms with Gasteiger partial charge >= 0.3 is 0 Å². The minimum Gasteiger partial charge on any atom is -0.341 e. The largest absolute Gasteiger partial charge is 0.341 e. The zero-order valence-corrected chi connectivity index (χ0v) is 12.7. The topological polar surface area (TPSA) is 31.9 Å². The first-order valence-corrected chi connectivity index (χ1v) is 7.54. The Balaban J connectivity index is 1.84. The number of aromatic nitrogens is 2.